The summed E-state index contributed by atoms with van der Waals surface area (Å²) in [5.74, 6) is -1.27. The van der Waals surface area contributed by atoms with Crippen LogP contribution >= 0.6 is 0 Å². The van der Waals surface area contributed by atoms with Crippen LogP contribution in [0.4, 0.5) is 20.3 Å². The van der Waals surface area contributed by atoms with Crippen LogP contribution in [0.2, 0.25) is 0 Å². The number of rotatable bonds is 3. The van der Waals surface area contributed by atoms with Gasteiger partial charge in [0.1, 0.15) is 12.1 Å². The third-order valence-corrected chi connectivity index (χ3v) is 4.23. The number of aromatic nitrogens is 4. The summed E-state index contributed by atoms with van der Waals surface area (Å²) >= 11 is 0. The third-order valence-electron chi connectivity index (χ3n) is 4.23. The molecule has 0 radical (unpaired) electrons. The summed E-state index contributed by atoms with van der Waals surface area (Å²) in [6.07, 6.45) is 5.14. The van der Waals surface area contributed by atoms with Crippen LogP contribution in [0.3, 0.4) is 0 Å². The van der Waals surface area contributed by atoms with E-state index >= 15 is 0 Å². The van der Waals surface area contributed by atoms with Gasteiger partial charge in [-0.1, -0.05) is 0 Å². The van der Waals surface area contributed by atoms with E-state index < -0.39 is 11.6 Å². The maximum atomic E-state index is 13.4. The van der Waals surface area contributed by atoms with E-state index in [0.717, 1.165) is 49.1 Å². The van der Waals surface area contributed by atoms with Crippen molar-refractivity contribution in [2.24, 2.45) is 0 Å². The van der Waals surface area contributed by atoms with E-state index in [1.54, 1.807) is 6.20 Å². The highest BCUT2D eigenvalue weighted by molar-refractivity contribution is 5.88. The van der Waals surface area contributed by atoms with Crippen molar-refractivity contribution in [3.05, 3.63) is 42.4 Å². The summed E-state index contributed by atoms with van der Waals surface area (Å²) in [7, 11) is 0. The van der Waals surface area contributed by atoms with Crippen molar-refractivity contribution in [3.63, 3.8) is 0 Å². The molecule has 1 saturated heterocycles. The minimum Gasteiger partial charge on any atom is -0.339 e. The number of nitrogens with one attached hydrogen (secondary N) is 2. The summed E-state index contributed by atoms with van der Waals surface area (Å²) in [6, 6.07) is 3.94. The first kappa shape index (κ1) is 14.9. The highest BCUT2D eigenvalue weighted by atomic mass is 19.2. The minimum atomic E-state index is -0.907. The summed E-state index contributed by atoms with van der Waals surface area (Å²) in [5, 5.41) is 11.5. The molecule has 0 spiro atoms. The van der Waals surface area contributed by atoms with Gasteiger partial charge >= 0.3 is 0 Å². The summed E-state index contributed by atoms with van der Waals surface area (Å²) in [5.41, 5.74) is 1.16. The predicted octanol–water partition coefficient (Wildman–Crippen LogP) is 2.77. The monoisotopic (exact) mass is 330 g/mol. The smallest absolute Gasteiger partial charge is 0.163 e. The fraction of sp³-hybridized carbons (Fsp3) is 0.312. The van der Waals surface area contributed by atoms with Gasteiger partial charge in [0, 0.05) is 11.8 Å². The molecule has 1 aliphatic rings. The molecule has 4 rings (SSSR count). The quantitative estimate of drug-likeness (QED) is 0.773. The lowest BCUT2D eigenvalue weighted by Crippen LogP contribution is -2.29. The largest absolute Gasteiger partial charge is 0.339 e. The Balaban J connectivity index is 1.68. The van der Waals surface area contributed by atoms with Crippen molar-refractivity contribution in [1.29, 1.82) is 0 Å². The van der Waals surface area contributed by atoms with Crippen LogP contribution in [0.25, 0.3) is 11.0 Å². The van der Waals surface area contributed by atoms with Gasteiger partial charge in [0.15, 0.2) is 17.3 Å². The van der Waals surface area contributed by atoms with Crippen LogP contribution in [0.5, 0.6) is 0 Å². The number of fused-ring (bicyclic) bond motifs is 1. The predicted molar refractivity (Wildman–Crippen MR) is 86.1 cm³/mol. The molecule has 0 unspecified atom stereocenters. The maximum Gasteiger partial charge on any atom is 0.163 e. The second-order valence-corrected chi connectivity index (χ2v) is 5.78. The molecular weight excluding hydrogens is 314 g/mol. The van der Waals surface area contributed by atoms with Crippen LogP contribution in [0.1, 0.15) is 18.9 Å². The first-order valence-corrected chi connectivity index (χ1v) is 7.83. The molecule has 24 heavy (non-hydrogen) atoms. The Morgan fingerprint density at radius 1 is 1.12 bits per heavy atom. The van der Waals surface area contributed by atoms with E-state index in [0.29, 0.717) is 17.5 Å². The molecule has 0 saturated carbocycles. The number of hydrogen-bond acceptors (Lipinski definition) is 5. The van der Waals surface area contributed by atoms with Crippen LogP contribution in [-0.2, 0) is 0 Å². The first-order valence-electron chi connectivity index (χ1n) is 7.83. The maximum absolute atomic E-state index is 13.4. The van der Waals surface area contributed by atoms with Gasteiger partial charge in [-0.25, -0.2) is 23.4 Å². The second-order valence-electron chi connectivity index (χ2n) is 5.78. The summed E-state index contributed by atoms with van der Waals surface area (Å²) < 4.78 is 28.4. The van der Waals surface area contributed by atoms with Gasteiger partial charge in [-0.2, -0.15) is 5.10 Å². The number of piperidine rings is 1. The molecule has 2 N–H and O–H groups in total. The minimum absolute atomic E-state index is 0.301. The fourth-order valence-electron chi connectivity index (χ4n) is 2.99. The molecule has 1 fully saturated rings. The van der Waals surface area contributed by atoms with Crippen molar-refractivity contribution < 1.29 is 8.78 Å². The number of halogens is 2. The summed E-state index contributed by atoms with van der Waals surface area (Å²) in [6.45, 7) is 1.91. The van der Waals surface area contributed by atoms with E-state index in [-0.39, 0.29) is 0 Å². The Kier molecular flexibility index (Phi) is 3.81. The Labute approximate surface area is 136 Å². The van der Waals surface area contributed by atoms with E-state index in [2.05, 4.69) is 25.7 Å². The number of benzene rings is 1. The zero-order valence-electron chi connectivity index (χ0n) is 12.8. The van der Waals surface area contributed by atoms with E-state index in [4.69, 9.17) is 0 Å². The van der Waals surface area contributed by atoms with Gasteiger partial charge in [0.2, 0.25) is 0 Å². The lowest BCUT2D eigenvalue weighted by atomic mass is 10.1. The number of hydrogen-bond donors (Lipinski definition) is 2. The van der Waals surface area contributed by atoms with Crippen LogP contribution in [-0.4, -0.2) is 32.8 Å². The number of anilines is 2. The Morgan fingerprint density at radius 3 is 2.75 bits per heavy atom. The molecule has 0 aliphatic carbocycles. The molecule has 1 aliphatic heterocycles. The SMILES string of the molecule is Fc1ccc(Nc2ncnc3c2cnn3C2CCNCC2)cc1F. The first-order chi connectivity index (χ1) is 11.7. The van der Waals surface area contributed by atoms with Crippen LogP contribution < -0.4 is 10.6 Å². The van der Waals surface area contributed by atoms with Gasteiger partial charge in [-0.15, -0.1) is 0 Å². The van der Waals surface area contributed by atoms with Gasteiger partial charge in [0.05, 0.1) is 17.6 Å². The lowest BCUT2D eigenvalue weighted by Gasteiger charge is -2.23. The molecule has 124 valence electrons. The van der Waals surface area contributed by atoms with Crippen molar-refractivity contribution in [2.45, 2.75) is 18.9 Å². The molecule has 8 heteroatoms. The van der Waals surface area contributed by atoms with E-state index in [1.165, 1.54) is 12.4 Å². The molecule has 2 aromatic heterocycles. The van der Waals surface area contributed by atoms with Crippen LogP contribution in [0.15, 0.2) is 30.7 Å². The van der Waals surface area contributed by atoms with E-state index in [1.807, 2.05) is 4.68 Å². The van der Waals surface area contributed by atoms with Gasteiger partial charge in [0.25, 0.3) is 0 Å². The molecule has 3 aromatic rings. The summed E-state index contributed by atoms with van der Waals surface area (Å²) in [4.78, 5) is 8.55. The Hall–Kier alpha value is -2.61. The average Bonchev–Trinajstić information content (AvgIpc) is 3.04. The molecule has 6 nitrogen and oxygen atoms in total. The molecular formula is C16H16F2N6. The lowest BCUT2D eigenvalue weighted by molar-refractivity contribution is 0.349. The van der Waals surface area contributed by atoms with Crippen molar-refractivity contribution in [3.8, 4) is 0 Å². The van der Waals surface area contributed by atoms with Gasteiger partial charge in [-0.05, 0) is 38.1 Å². The molecule has 0 amide bonds. The highest BCUT2D eigenvalue weighted by Crippen LogP contribution is 2.27. The molecule has 1 aromatic carbocycles. The highest BCUT2D eigenvalue weighted by Gasteiger charge is 2.19. The van der Waals surface area contributed by atoms with Crippen molar-refractivity contribution in [2.75, 3.05) is 18.4 Å². The Bertz CT molecular complexity index is 872. The number of nitrogens with zero attached hydrogens (tertiary/aromatic N) is 4. The Morgan fingerprint density at radius 2 is 1.96 bits per heavy atom. The van der Waals surface area contributed by atoms with Crippen LogP contribution in [0, 0.1) is 11.6 Å². The van der Waals surface area contributed by atoms with Gasteiger partial charge < -0.3 is 10.6 Å². The van der Waals surface area contributed by atoms with E-state index in [9.17, 15) is 8.78 Å². The molecule has 3 heterocycles. The average molecular weight is 330 g/mol. The molecule has 0 atom stereocenters. The fourth-order valence-corrected chi connectivity index (χ4v) is 2.99. The topological polar surface area (TPSA) is 67.7 Å². The standard InChI is InChI=1S/C16H16F2N6/c17-13-2-1-10(7-14(13)18)23-15-12-8-22-24(16(12)21-9-20-15)11-3-5-19-6-4-11/h1-2,7-9,11,19H,3-6H2,(H,20,21,23). The van der Waals surface area contributed by atoms with Crippen molar-refractivity contribution >= 4 is 22.5 Å². The normalized spacial score (nSPS) is 15.8. The van der Waals surface area contributed by atoms with Gasteiger partial charge in [-0.3, -0.25) is 0 Å². The zero-order chi connectivity index (χ0) is 16.5. The third kappa shape index (κ3) is 2.69. The van der Waals surface area contributed by atoms with Crippen molar-refractivity contribution in [1.82, 2.24) is 25.1 Å². The second kappa shape index (κ2) is 6.12. The molecule has 0 bridgehead atoms. The zero-order valence-corrected chi connectivity index (χ0v) is 12.8.